The Bertz CT molecular complexity index is 2580. The maximum atomic E-state index is 5.42. The highest BCUT2D eigenvalue weighted by atomic mass is 15.5. The summed E-state index contributed by atoms with van der Waals surface area (Å²) in [7, 11) is 0. The maximum absolute atomic E-state index is 5.42. The molecule has 4 aliphatic heterocycles. The third-order valence-corrected chi connectivity index (χ3v) is 12.9. The Labute approximate surface area is 295 Å². The number of nitrogens with zero attached hydrogens (tertiary/aromatic N) is 8. The first-order chi connectivity index (χ1) is 25.1. The van der Waals surface area contributed by atoms with Crippen molar-refractivity contribution in [3.8, 4) is 0 Å². The fraction of sp³-hybridized carbons (Fsp3) is 0.163. The van der Waals surface area contributed by atoms with Crippen molar-refractivity contribution in [3.63, 3.8) is 0 Å². The van der Waals surface area contributed by atoms with E-state index in [4.69, 9.17) is 19.9 Å². The molecule has 5 atom stereocenters. The van der Waals surface area contributed by atoms with Crippen molar-refractivity contribution in [2.75, 3.05) is 19.6 Å². The molecule has 0 radical (unpaired) electrons. The van der Waals surface area contributed by atoms with E-state index >= 15 is 0 Å². The van der Waals surface area contributed by atoms with Gasteiger partial charge in [0.1, 0.15) is 12.3 Å². The average Bonchev–Trinajstić information content (AvgIpc) is 3.55. The van der Waals surface area contributed by atoms with E-state index < -0.39 is 5.41 Å². The number of benzene rings is 5. The largest absolute Gasteiger partial charge is 0.301 e. The van der Waals surface area contributed by atoms with Crippen LogP contribution in [0.2, 0.25) is 0 Å². The average molecular weight is 661 g/mol. The molecule has 0 bridgehead atoms. The number of aromatic nitrogens is 4. The standard InChI is InChI=1S/C43H32N8/c1-41-29-19-9-13-23-33(29)51-38-37(46-31-21-11-12-22-32(31)47-38)49(28-17-7-4-8-18-28)39(51)42(41,2)43(41)30-20-10-14-24-34(30)50-36-35(44-25-26-45-36)48(40(43)50)27-15-5-3-6-16-27/h3-26,39-40H,1-2H3. The minimum absolute atomic E-state index is 0.140. The van der Waals surface area contributed by atoms with Gasteiger partial charge in [0.15, 0.2) is 23.3 Å². The van der Waals surface area contributed by atoms with Gasteiger partial charge in [0.25, 0.3) is 0 Å². The molecule has 7 aromatic rings. The third kappa shape index (κ3) is 2.87. The summed E-state index contributed by atoms with van der Waals surface area (Å²) < 4.78 is 0. The summed E-state index contributed by atoms with van der Waals surface area (Å²) in [5.74, 6) is 3.54. The van der Waals surface area contributed by atoms with Crippen LogP contribution < -0.4 is 19.6 Å². The maximum Gasteiger partial charge on any atom is 0.179 e. The highest BCUT2D eigenvalue weighted by molar-refractivity contribution is 5.97. The summed E-state index contributed by atoms with van der Waals surface area (Å²) in [4.78, 5) is 30.9. The molecule has 0 amide bonds. The van der Waals surface area contributed by atoms with E-state index in [0.29, 0.717) is 0 Å². The van der Waals surface area contributed by atoms with Gasteiger partial charge in [-0.05, 0) is 59.7 Å². The molecule has 2 aromatic heterocycles. The number of hydrogen-bond donors (Lipinski definition) is 0. The summed E-state index contributed by atoms with van der Waals surface area (Å²) in [6, 6.07) is 47.8. The predicted molar refractivity (Wildman–Crippen MR) is 201 cm³/mol. The van der Waals surface area contributed by atoms with Crippen molar-refractivity contribution < 1.29 is 0 Å². The number of fused-ring (bicyclic) bond motifs is 18. The van der Waals surface area contributed by atoms with Gasteiger partial charge < -0.3 is 19.6 Å². The van der Waals surface area contributed by atoms with Crippen LogP contribution in [0.4, 0.5) is 46.0 Å². The molecule has 0 N–H and O–H groups in total. The first kappa shape index (κ1) is 27.5. The minimum Gasteiger partial charge on any atom is -0.301 e. The lowest BCUT2D eigenvalue weighted by molar-refractivity contribution is 0.337. The van der Waals surface area contributed by atoms with Crippen molar-refractivity contribution in [1.82, 2.24) is 19.9 Å². The Balaban J connectivity index is 1.21. The molecule has 8 nitrogen and oxygen atoms in total. The molecule has 1 spiro atoms. The number of anilines is 8. The van der Waals surface area contributed by atoms with Crippen LogP contribution in [0.5, 0.6) is 0 Å². The van der Waals surface area contributed by atoms with Crippen LogP contribution >= 0.6 is 0 Å². The van der Waals surface area contributed by atoms with Crippen molar-refractivity contribution in [2.45, 2.75) is 37.0 Å². The van der Waals surface area contributed by atoms with Crippen LogP contribution in [0.1, 0.15) is 25.0 Å². The Hall–Kier alpha value is -6.28. The first-order valence-electron chi connectivity index (χ1n) is 17.6. The zero-order valence-electron chi connectivity index (χ0n) is 28.1. The second kappa shape index (κ2) is 9.08. The lowest BCUT2D eigenvalue weighted by atomic mass is 9.80. The molecule has 244 valence electrons. The highest BCUT2D eigenvalue weighted by Gasteiger charge is 2.95. The van der Waals surface area contributed by atoms with E-state index in [9.17, 15) is 0 Å². The quantitative estimate of drug-likeness (QED) is 0.182. The smallest absolute Gasteiger partial charge is 0.179 e. The molecule has 1 fully saturated rings. The fourth-order valence-electron chi connectivity index (χ4n) is 11.0. The first-order valence-corrected chi connectivity index (χ1v) is 17.6. The molecular weight excluding hydrogens is 629 g/mol. The Morgan fingerprint density at radius 3 is 1.53 bits per heavy atom. The van der Waals surface area contributed by atoms with Crippen LogP contribution in [0.25, 0.3) is 11.0 Å². The normalized spacial score (nSPS) is 27.1. The van der Waals surface area contributed by atoms with Crippen LogP contribution in [0.15, 0.2) is 146 Å². The van der Waals surface area contributed by atoms with E-state index in [1.807, 2.05) is 24.5 Å². The minimum atomic E-state index is -0.432. The molecule has 51 heavy (non-hydrogen) atoms. The SMILES string of the molecule is CC12c3ccccc3N3c4nc5ccccc5nc4N(c4ccccc4)C3C1(C)C21c2ccccc2N2c3nccnc3N(c3ccccc3)C21. The predicted octanol–water partition coefficient (Wildman–Crippen LogP) is 8.89. The summed E-state index contributed by atoms with van der Waals surface area (Å²) in [6.45, 7) is 5.04. The topological polar surface area (TPSA) is 64.5 Å². The van der Waals surface area contributed by atoms with Crippen molar-refractivity contribution in [3.05, 3.63) is 157 Å². The van der Waals surface area contributed by atoms with E-state index in [1.54, 1.807) is 0 Å². The number of para-hydroxylation sites is 6. The number of hydrogen-bond acceptors (Lipinski definition) is 8. The highest BCUT2D eigenvalue weighted by Crippen LogP contribution is 2.89. The van der Waals surface area contributed by atoms with Gasteiger partial charge in [-0.3, -0.25) is 0 Å². The second-order valence-corrected chi connectivity index (χ2v) is 14.6. The van der Waals surface area contributed by atoms with Crippen molar-refractivity contribution >= 4 is 57.1 Å². The Morgan fingerprint density at radius 1 is 0.451 bits per heavy atom. The summed E-state index contributed by atoms with van der Waals surface area (Å²) >= 11 is 0. The zero-order chi connectivity index (χ0) is 33.7. The summed E-state index contributed by atoms with van der Waals surface area (Å²) in [6.07, 6.45) is 3.36. The van der Waals surface area contributed by atoms with Crippen LogP contribution in [-0.2, 0) is 10.8 Å². The van der Waals surface area contributed by atoms with Gasteiger partial charge in [-0.2, -0.15) is 0 Å². The molecule has 1 saturated carbocycles. The van der Waals surface area contributed by atoms with Gasteiger partial charge >= 0.3 is 0 Å². The molecule has 12 rings (SSSR count). The molecule has 8 heteroatoms. The van der Waals surface area contributed by atoms with Crippen LogP contribution in [-0.4, -0.2) is 32.3 Å². The van der Waals surface area contributed by atoms with E-state index in [1.165, 1.54) is 22.5 Å². The zero-order valence-corrected chi connectivity index (χ0v) is 28.1. The van der Waals surface area contributed by atoms with Crippen molar-refractivity contribution in [2.24, 2.45) is 5.41 Å². The van der Waals surface area contributed by atoms with Crippen molar-refractivity contribution in [1.29, 1.82) is 0 Å². The lowest BCUT2D eigenvalue weighted by Crippen LogP contribution is -2.53. The monoisotopic (exact) mass is 660 g/mol. The second-order valence-electron chi connectivity index (χ2n) is 14.6. The summed E-state index contributed by atoms with van der Waals surface area (Å²) in [5.41, 5.74) is 7.85. The molecule has 0 saturated heterocycles. The van der Waals surface area contributed by atoms with Gasteiger partial charge in [-0.25, -0.2) is 19.9 Å². The molecule has 5 unspecified atom stereocenters. The van der Waals surface area contributed by atoms with Gasteiger partial charge in [0.2, 0.25) is 0 Å². The number of rotatable bonds is 2. The molecule has 1 aliphatic carbocycles. The molecule has 6 heterocycles. The summed E-state index contributed by atoms with van der Waals surface area (Å²) in [5, 5.41) is 0. The van der Waals surface area contributed by atoms with Gasteiger partial charge in [-0.15, -0.1) is 0 Å². The van der Waals surface area contributed by atoms with Crippen LogP contribution in [0.3, 0.4) is 0 Å². The van der Waals surface area contributed by atoms with E-state index in [2.05, 4.69) is 155 Å². The molecule has 5 aromatic carbocycles. The van der Waals surface area contributed by atoms with Gasteiger partial charge in [-0.1, -0.05) is 98.8 Å². The Kier molecular flexibility index (Phi) is 4.90. The van der Waals surface area contributed by atoms with E-state index in [-0.39, 0.29) is 23.2 Å². The molecular formula is C43H32N8. The lowest BCUT2D eigenvalue weighted by Gasteiger charge is -2.44. The van der Waals surface area contributed by atoms with Gasteiger partial charge in [0, 0.05) is 46.0 Å². The van der Waals surface area contributed by atoms with E-state index in [0.717, 1.165) is 45.7 Å². The molecule has 5 aliphatic rings. The fourth-order valence-corrected chi connectivity index (χ4v) is 11.0. The third-order valence-electron chi connectivity index (χ3n) is 12.9. The Morgan fingerprint density at radius 2 is 0.902 bits per heavy atom. The van der Waals surface area contributed by atoms with Crippen LogP contribution in [0, 0.1) is 5.41 Å². The van der Waals surface area contributed by atoms with Gasteiger partial charge in [0.05, 0.1) is 16.4 Å².